The number of morpholine rings is 1. The van der Waals surface area contributed by atoms with Crippen LogP contribution >= 0.6 is 0 Å². The van der Waals surface area contributed by atoms with Gasteiger partial charge in [-0.25, -0.2) is 0 Å². The zero-order valence-corrected chi connectivity index (χ0v) is 18.6. The van der Waals surface area contributed by atoms with Gasteiger partial charge in [-0.1, -0.05) is 42.5 Å². The standard InChI is InChI=1S/C26H29N3O3/c1-27-25(30)26(16-21-5-3-6-22(15-21)23-7-4-12-28-17-23)19-29(13-14-32-26)18-20-8-10-24(31-2)11-9-20/h3-12,15,17H,13-14,16,18-19H2,1-2H3,(H,27,30)/t26-/m1/s1. The number of ether oxygens (including phenoxy) is 2. The molecule has 3 aromatic rings. The number of benzene rings is 2. The number of aromatic nitrogens is 1. The number of nitrogens with one attached hydrogen (secondary N) is 1. The fraction of sp³-hybridized carbons (Fsp3) is 0.308. The molecule has 2 heterocycles. The molecule has 6 heteroatoms. The molecule has 0 radical (unpaired) electrons. The molecule has 1 aromatic heterocycles. The van der Waals surface area contributed by atoms with Gasteiger partial charge in [0.05, 0.1) is 13.7 Å². The molecule has 0 aliphatic carbocycles. The van der Waals surface area contributed by atoms with Crippen molar-refractivity contribution in [3.05, 3.63) is 84.2 Å². The zero-order chi connectivity index (χ0) is 22.4. The van der Waals surface area contributed by atoms with Gasteiger partial charge in [-0.3, -0.25) is 14.7 Å². The molecule has 6 nitrogen and oxygen atoms in total. The highest BCUT2D eigenvalue weighted by Gasteiger charge is 2.43. The van der Waals surface area contributed by atoms with Crippen LogP contribution in [0.2, 0.25) is 0 Å². The summed E-state index contributed by atoms with van der Waals surface area (Å²) in [5, 5.41) is 2.82. The topological polar surface area (TPSA) is 63.7 Å². The minimum atomic E-state index is -0.937. The van der Waals surface area contributed by atoms with Crippen LogP contribution in [0.3, 0.4) is 0 Å². The Morgan fingerprint density at radius 2 is 1.94 bits per heavy atom. The van der Waals surface area contributed by atoms with Gasteiger partial charge in [-0.15, -0.1) is 0 Å². The summed E-state index contributed by atoms with van der Waals surface area (Å²) in [5.41, 5.74) is 3.42. The van der Waals surface area contributed by atoms with Crippen molar-refractivity contribution in [1.82, 2.24) is 15.2 Å². The summed E-state index contributed by atoms with van der Waals surface area (Å²) in [6.45, 7) is 2.56. The Bertz CT molecular complexity index is 1040. The number of likely N-dealkylation sites (N-methyl/N-ethyl adjacent to an activating group) is 1. The van der Waals surface area contributed by atoms with Crippen LogP contribution in [0.5, 0.6) is 5.75 Å². The third-order valence-corrected chi connectivity index (χ3v) is 5.88. The largest absolute Gasteiger partial charge is 0.497 e. The van der Waals surface area contributed by atoms with E-state index < -0.39 is 5.60 Å². The number of carbonyl (C=O) groups is 1. The molecule has 1 aliphatic rings. The van der Waals surface area contributed by atoms with E-state index in [4.69, 9.17) is 9.47 Å². The van der Waals surface area contributed by atoms with Crippen molar-refractivity contribution in [3.63, 3.8) is 0 Å². The average molecular weight is 432 g/mol. The molecule has 4 rings (SSSR count). The van der Waals surface area contributed by atoms with Crippen LogP contribution < -0.4 is 10.1 Å². The SMILES string of the molecule is CNC(=O)[C@@]1(Cc2cccc(-c3cccnc3)c2)CN(Cc2ccc(OC)cc2)CCO1. The van der Waals surface area contributed by atoms with Gasteiger partial charge in [0, 0.05) is 45.5 Å². The Kier molecular flexibility index (Phi) is 6.83. The summed E-state index contributed by atoms with van der Waals surface area (Å²) in [6.07, 6.45) is 4.11. The minimum absolute atomic E-state index is 0.0938. The molecule has 2 aromatic carbocycles. The van der Waals surface area contributed by atoms with Gasteiger partial charge in [0.25, 0.3) is 5.91 Å². The number of nitrogens with zero attached hydrogens (tertiary/aromatic N) is 2. The van der Waals surface area contributed by atoms with Crippen molar-refractivity contribution in [3.8, 4) is 16.9 Å². The molecule has 0 unspecified atom stereocenters. The molecule has 1 saturated heterocycles. The van der Waals surface area contributed by atoms with Gasteiger partial charge in [0.1, 0.15) is 5.75 Å². The van der Waals surface area contributed by atoms with Crippen LogP contribution in [0.4, 0.5) is 0 Å². The lowest BCUT2D eigenvalue weighted by molar-refractivity contribution is -0.160. The molecule has 1 amide bonds. The van der Waals surface area contributed by atoms with Crippen LogP contribution in [-0.4, -0.2) is 55.2 Å². The monoisotopic (exact) mass is 431 g/mol. The van der Waals surface area contributed by atoms with Crippen LogP contribution in [0.15, 0.2) is 73.1 Å². The third-order valence-electron chi connectivity index (χ3n) is 5.88. The maximum atomic E-state index is 13.0. The Morgan fingerprint density at radius 1 is 1.12 bits per heavy atom. The van der Waals surface area contributed by atoms with Gasteiger partial charge in [0.15, 0.2) is 5.60 Å². The summed E-state index contributed by atoms with van der Waals surface area (Å²) in [4.78, 5) is 19.5. The summed E-state index contributed by atoms with van der Waals surface area (Å²) < 4.78 is 11.4. The molecule has 1 N–H and O–H groups in total. The van der Waals surface area contributed by atoms with Gasteiger partial charge in [0.2, 0.25) is 0 Å². The van der Waals surface area contributed by atoms with Crippen molar-refractivity contribution >= 4 is 5.91 Å². The highest BCUT2D eigenvalue weighted by atomic mass is 16.5. The second kappa shape index (κ2) is 9.94. The Balaban J connectivity index is 1.55. The molecule has 1 atom stereocenters. The van der Waals surface area contributed by atoms with Crippen molar-refractivity contribution in [2.24, 2.45) is 0 Å². The normalized spacial score (nSPS) is 18.8. The number of carbonyl (C=O) groups excluding carboxylic acids is 1. The Morgan fingerprint density at radius 3 is 2.66 bits per heavy atom. The van der Waals surface area contributed by atoms with Crippen molar-refractivity contribution in [1.29, 1.82) is 0 Å². The van der Waals surface area contributed by atoms with Crippen LogP contribution in [0.25, 0.3) is 11.1 Å². The lowest BCUT2D eigenvalue weighted by Gasteiger charge is -2.41. The van der Waals surface area contributed by atoms with E-state index in [-0.39, 0.29) is 5.91 Å². The van der Waals surface area contributed by atoms with E-state index in [9.17, 15) is 4.79 Å². The van der Waals surface area contributed by atoms with E-state index in [1.807, 2.05) is 36.5 Å². The van der Waals surface area contributed by atoms with E-state index in [1.165, 1.54) is 5.56 Å². The van der Waals surface area contributed by atoms with Crippen molar-refractivity contribution < 1.29 is 14.3 Å². The van der Waals surface area contributed by atoms with E-state index in [0.717, 1.165) is 35.5 Å². The average Bonchev–Trinajstić information content (AvgIpc) is 2.85. The van der Waals surface area contributed by atoms with Gasteiger partial charge in [-0.2, -0.15) is 0 Å². The summed E-state index contributed by atoms with van der Waals surface area (Å²) in [5.74, 6) is 0.743. The number of hydrogen-bond acceptors (Lipinski definition) is 5. The number of amides is 1. The number of methoxy groups -OCH3 is 1. The van der Waals surface area contributed by atoms with Crippen LogP contribution in [0, 0.1) is 0 Å². The maximum Gasteiger partial charge on any atom is 0.253 e. The van der Waals surface area contributed by atoms with Crippen molar-refractivity contribution in [2.45, 2.75) is 18.6 Å². The van der Waals surface area contributed by atoms with Gasteiger partial charge in [-0.05, 0) is 40.5 Å². The number of rotatable bonds is 7. The van der Waals surface area contributed by atoms with Crippen LogP contribution in [-0.2, 0) is 22.5 Å². The first-order chi connectivity index (χ1) is 15.6. The summed E-state index contributed by atoms with van der Waals surface area (Å²) in [7, 11) is 3.33. The first-order valence-corrected chi connectivity index (χ1v) is 10.8. The maximum absolute atomic E-state index is 13.0. The zero-order valence-electron chi connectivity index (χ0n) is 18.6. The smallest absolute Gasteiger partial charge is 0.253 e. The number of hydrogen-bond donors (Lipinski definition) is 1. The third kappa shape index (κ3) is 4.98. The lowest BCUT2D eigenvalue weighted by Crippen LogP contribution is -2.60. The first kappa shape index (κ1) is 22.0. The fourth-order valence-electron chi connectivity index (χ4n) is 4.26. The highest BCUT2D eigenvalue weighted by molar-refractivity contribution is 5.86. The van der Waals surface area contributed by atoms with E-state index in [1.54, 1.807) is 20.4 Å². The van der Waals surface area contributed by atoms with Crippen molar-refractivity contribution in [2.75, 3.05) is 33.9 Å². The second-order valence-corrected chi connectivity index (χ2v) is 8.10. The molecule has 0 bridgehead atoms. The minimum Gasteiger partial charge on any atom is -0.497 e. The van der Waals surface area contributed by atoms with Gasteiger partial charge >= 0.3 is 0 Å². The van der Waals surface area contributed by atoms with E-state index >= 15 is 0 Å². The Hall–Kier alpha value is -3.22. The Labute approximate surface area is 189 Å². The number of pyridine rings is 1. The fourth-order valence-corrected chi connectivity index (χ4v) is 4.26. The predicted octanol–water partition coefficient (Wildman–Crippen LogP) is 3.32. The molecule has 166 valence electrons. The highest BCUT2D eigenvalue weighted by Crippen LogP contribution is 2.27. The summed E-state index contributed by atoms with van der Waals surface area (Å²) >= 11 is 0. The lowest BCUT2D eigenvalue weighted by atomic mass is 9.90. The molecule has 1 fully saturated rings. The molecular weight excluding hydrogens is 402 g/mol. The van der Waals surface area contributed by atoms with Crippen LogP contribution in [0.1, 0.15) is 11.1 Å². The second-order valence-electron chi connectivity index (χ2n) is 8.10. The molecule has 32 heavy (non-hydrogen) atoms. The van der Waals surface area contributed by atoms with E-state index in [2.05, 4.69) is 45.5 Å². The molecule has 1 aliphatic heterocycles. The molecular formula is C26H29N3O3. The molecule has 0 spiro atoms. The first-order valence-electron chi connectivity index (χ1n) is 10.8. The summed E-state index contributed by atoms with van der Waals surface area (Å²) in [6, 6.07) is 20.3. The van der Waals surface area contributed by atoms with E-state index in [0.29, 0.717) is 19.6 Å². The molecule has 0 saturated carbocycles. The predicted molar refractivity (Wildman–Crippen MR) is 124 cm³/mol. The quantitative estimate of drug-likeness (QED) is 0.622. The van der Waals surface area contributed by atoms with Gasteiger partial charge < -0.3 is 14.8 Å².